The number of phenolic OH excluding ortho intramolecular Hbond substituents is 1. The largest absolute Gasteiger partial charge is 0.507 e. The Morgan fingerprint density at radius 2 is 1.39 bits per heavy atom. The highest BCUT2D eigenvalue weighted by Gasteiger charge is 2.19. The molecule has 0 aliphatic carbocycles. The van der Waals surface area contributed by atoms with Crippen LogP contribution in [0, 0.1) is 0 Å². The maximum Gasteiger partial charge on any atom is 0.217 e. The van der Waals surface area contributed by atoms with E-state index in [2.05, 4.69) is 59.6 Å². The van der Waals surface area contributed by atoms with E-state index in [-0.39, 0.29) is 11.9 Å². The van der Waals surface area contributed by atoms with Crippen molar-refractivity contribution in [1.29, 1.82) is 0 Å². The zero-order valence-electron chi connectivity index (χ0n) is 21.0. The molecule has 0 saturated heterocycles. The molecule has 5 aromatic carbocycles. The topological polar surface area (TPSA) is 68.4 Å². The molecule has 0 amide bonds. The number of aromatic nitrogens is 2. The SMILES string of the molecule is CC(C)Oc1cc(-c2cc3oc4ccc5ccccc5c4c3c3ccccc23)nc(-c2ccccc2O)n1. The van der Waals surface area contributed by atoms with Crippen molar-refractivity contribution in [3.63, 3.8) is 0 Å². The van der Waals surface area contributed by atoms with Gasteiger partial charge in [-0.3, -0.25) is 0 Å². The molecule has 0 spiro atoms. The van der Waals surface area contributed by atoms with Crippen LogP contribution in [0.5, 0.6) is 11.6 Å². The highest BCUT2D eigenvalue weighted by atomic mass is 16.5. The minimum Gasteiger partial charge on any atom is -0.507 e. The molecule has 0 fully saturated rings. The lowest BCUT2D eigenvalue weighted by molar-refractivity contribution is 0.232. The minimum absolute atomic E-state index is 0.0714. The van der Waals surface area contributed by atoms with Gasteiger partial charge in [-0.2, -0.15) is 4.98 Å². The van der Waals surface area contributed by atoms with Crippen LogP contribution in [0.25, 0.3) is 66.1 Å². The van der Waals surface area contributed by atoms with Crippen LogP contribution in [-0.2, 0) is 0 Å². The molecule has 7 rings (SSSR count). The maximum absolute atomic E-state index is 10.5. The normalized spacial score (nSPS) is 11.8. The molecule has 7 aromatic rings. The zero-order valence-corrected chi connectivity index (χ0v) is 21.0. The zero-order chi connectivity index (χ0) is 25.8. The number of para-hydroxylation sites is 1. The van der Waals surface area contributed by atoms with Crippen molar-refractivity contribution in [2.24, 2.45) is 0 Å². The lowest BCUT2D eigenvalue weighted by Gasteiger charge is -2.14. The van der Waals surface area contributed by atoms with Gasteiger partial charge in [-0.05, 0) is 59.7 Å². The minimum atomic E-state index is -0.0714. The van der Waals surface area contributed by atoms with Crippen LogP contribution in [0.15, 0.2) is 101 Å². The summed E-state index contributed by atoms with van der Waals surface area (Å²) in [6.45, 7) is 3.92. The Hall–Kier alpha value is -4.90. The highest BCUT2D eigenvalue weighted by molar-refractivity contribution is 6.28. The summed E-state index contributed by atoms with van der Waals surface area (Å²) in [6, 6.07) is 31.9. The van der Waals surface area contributed by atoms with Crippen molar-refractivity contribution in [3.05, 3.63) is 97.1 Å². The average molecular weight is 497 g/mol. The van der Waals surface area contributed by atoms with E-state index in [1.54, 1.807) is 18.2 Å². The molecular weight excluding hydrogens is 472 g/mol. The third kappa shape index (κ3) is 3.55. The van der Waals surface area contributed by atoms with E-state index in [0.29, 0.717) is 23.0 Å². The van der Waals surface area contributed by atoms with Crippen molar-refractivity contribution in [2.75, 3.05) is 0 Å². The van der Waals surface area contributed by atoms with Crippen molar-refractivity contribution in [2.45, 2.75) is 20.0 Å². The molecule has 0 aliphatic rings. The number of fused-ring (bicyclic) bond motifs is 7. The molecule has 184 valence electrons. The summed E-state index contributed by atoms with van der Waals surface area (Å²) in [5, 5.41) is 17.2. The molecule has 0 radical (unpaired) electrons. The molecule has 5 heteroatoms. The summed E-state index contributed by atoms with van der Waals surface area (Å²) < 4.78 is 12.5. The van der Waals surface area contributed by atoms with Crippen molar-refractivity contribution in [1.82, 2.24) is 9.97 Å². The molecule has 2 heterocycles. The van der Waals surface area contributed by atoms with Crippen molar-refractivity contribution < 1.29 is 14.3 Å². The van der Waals surface area contributed by atoms with Gasteiger partial charge in [0.25, 0.3) is 0 Å². The van der Waals surface area contributed by atoms with E-state index in [9.17, 15) is 5.11 Å². The fourth-order valence-corrected chi connectivity index (χ4v) is 5.26. The smallest absolute Gasteiger partial charge is 0.217 e. The van der Waals surface area contributed by atoms with E-state index in [4.69, 9.17) is 14.1 Å². The monoisotopic (exact) mass is 496 g/mol. The van der Waals surface area contributed by atoms with Gasteiger partial charge in [0.2, 0.25) is 5.88 Å². The Bertz CT molecular complexity index is 2010. The third-order valence-corrected chi connectivity index (χ3v) is 6.85. The number of furan rings is 1. The summed E-state index contributed by atoms with van der Waals surface area (Å²) in [7, 11) is 0. The number of benzene rings is 5. The second-order valence-electron chi connectivity index (χ2n) is 9.70. The van der Waals surface area contributed by atoms with Crippen LogP contribution < -0.4 is 4.74 Å². The summed E-state index contributed by atoms with van der Waals surface area (Å²) in [5.74, 6) is 0.962. The molecule has 0 saturated carbocycles. The van der Waals surface area contributed by atoms with Gasteiger partial charge < -0.3 is 14.3 Å². The Balaban J connectivity index is 1.56. The predicted octanol–water partition coefficient (Wildman–Crippen LogP) is 8.51. The van der Waals surface area contributed by atoms with Gasteiger partial charge in [-0.1, -0.05) is 66.7 Å². The van der Waals surface area contributed by atoms with E-state index < -0.39 is 0 Å². The van der Waals surface area contributed by atoms with Gasteiger partial charge in [0.1, 0.15) is 16.9 Å². The molecule has 0 bridgehead atoms. The number of ether oxygens (including phenoxy) is 1. The van der Waals surface area contributed by atoms with Crippen LogP contribution in [-0.4, -0.2) is 21.2 Å². The summed E-state index contributed by atoms with van der Waals surface area (Å²) in [5.41, 5.74) is 3.78. The maximum atomic E-state index is 10.5. The molecule has 0 aliphatic heterocycles. The number of nitrogens with zero attached hydrogens (tertiary/aromatic N) is 2. The van der Waals surface area contributed by atoms with Gasteiger partial charge >= 0.3 is 0 Å². The summed E-state index contributed by atoms with van der Waals surface area (Å²) in [6.07, 6.45) is -0.0714. The standard InChI is InChI=1S/C33H24N2O3/c1-19(2)37-30-18-26(34-33(35-30)24-13-7-8-14-27(24)36)25-17-29-32(23-12-6-5-11-22(23)25)31-21-10-4-3-9-20(21)15-16-28(31)38-29/h3-19,36H,1-2H3. The predicted molar refractivity (Wildman–Crippen MR) is 153 cm³/mol. The van der Waals surface area contributed by atoms with E-state index in [1.165, 1.54) is 5.39 Å². The second kappa shape index (κ2) is 8.60. The average Bonchev–Trinajstić information content (AvgIpc) is 3.32. The van der Waals surface area contributed by atoms with Gasteiger partial charge in [-0.25, -0.2) is 4.98 Å². The molecule has 5 nitrogen and oxygen atoms in total. The number of rotatable bonds is 4. The number of aromatic hydroxyl groups is 1. The van der Waals surface area contributed by atoms with Crippen molar-refractivity contribution in [3.8, 4) is 34.3 Å². The second-order valence-corrected chi connectivity index (χ2v) is 9.70. The lowest BCUT2D eigenvalue weighted by atomic mass is 9.95. The van der Waals surface area contributed by atoms with Crippen molar-refractivity contribution >= 4 is 43.5 Å². The molecule has 38 heavy (non-hydrogen) atoms. The van der Waals surface area contributed by atoms with Crippen LogP contribution in [0.2, 0.25) is 0 Å². The number of phenols is 1. The van der Waals surface area contributed by atoms with E-state index >= 15 is 0 Å². The fraction of sp³-hybridized carbons (Fsp3) is 0.0909. The number of hydrogen-bond acceptors (Lipinski definition) is 5. The fourth-order valence-electron chi connectivity index (χ4n) is 5.26. The number of hydrogen-bond donors (Lipinski definition) is 1. The summed E-state index contributed by atoms with van der Waals surface area (Å²) in [4.78, 5) is 9.53. The molecule has 0 unspecified atom stereocenters. The lowest BCUT2D eigenvalue weighted by Crippen LogP contribution is -2.08. The first-order chi connectivity index (χ1) is 18.6. The Labute approximate surface area is 219 Å². The summed E-state index contributed by atoms with van der Waals surface area (Å²) >= 11 is 0. The molecule has 0 atom stereocenters. The van der Waals surface area contributed by atoms with Crippen LogP contribution in [0.1, 0.15) is 13.8 Å². The Morgan fingerprint density at radius 3 is 2.21 bits per heavy atom. The van der Waals surface area contributed by atoms with Crippen LogP contribution in [0.3, 0.4) is 0 Å². The van der Waals surface area contributed by atoms with E-state index in [0.717, 1.165) is 43.7 Å². The molecular formula is C33H24N2O3. The highest BCUT2D eigenvalue weighted by Crippen LogP contribution is 2.42. The van der Waals surface area contributed by atoms with Gasteiger partial charge in [0, 0.05) is 22.4 Å². The Morgan fingerprint density at radius 1 is 0.684 bits per heavy atom. The van der Waals surface area contributed by atoms with Gasteiger partial charge in [0.05, 0.1) is 17.4 Å². The first kappa shape index (κ1) is 22.3. The molecule has 2 aromatic heterocycles. The first-order valence-corrected chi connectivity index (χ1v) is 12.7. The molecule has 1 N–H and O–H groups in total. The quantitative estimate of drug-likeness (QED) is 0.264. The first-order valence-electron chi connectivity index (χ1n) is 12.7. The van der Waals surface area contributed by atoms with Gasteiger partial charge in [-0.15, -0.1) is 0 Å². The van der Waals surface area contributed by atoms with Crippen LogP contribution in [0.4, 0.5) is 0 Å². The van der Waals surface area contributed by atoms with Crippen LogP contribution >= 0.6 is 0 Å². The van der Waals surface area contributed by atoms with Gasteiger partial charge in [0.15, 0.2) is 5.82 Å². The third-order valence-electron chi connectivity index (χ3n) is 6.85. The van der Waals surface area contributed by atoms with E-state index in [1.807, 2.05) is 38.1 Å². The Kier molecular flexibility index (Phi) is 5.05.